The van der Waals surface area contributed by atoms with Crippen molar-refractivity contribution < 1.29 is 0 Å². The van der Waals surface area contributed by atoms with Crippen molar-refractivity contribution in [3.8, 4) is 6.07 Å². The van der Waals surface area contributed by atoms with Crippen LogP contribution in [0.2, 0.25) is 0 Å². The van der Waals surface area contributed by atoms with Gasteiger partial charge in [-0.05, 0) is 35.7 Å². The van der Waals surface area contributed by atoms with Crippen molar-refractivity contribution in [1.82, 2.24) is 9.55 Å². The van der Waals surface area contributed by atoms with Crippen molar-refractivity contribution in [1.29, 1.82) is 5.26 Å². The summed E-state index contributed by atoms with van der Waals surface area (Å²) in [6.45, 7) is 4.83. The molecule has 0 aliphatic carbocycles. The summed E-state index contributed by atoms with van der Waals surface area (Å²) < 4.78 is 1.78. The van der Waals surface area contributed by atoms with E-state index in [4.69, 9.17) is 10.2 Å². The normalized spacial score (nSPS) is 11.0. The molecule has 0 unspecified atom stereocenters. The van der Waals surface area contributed by atoms with E-state index in [0.717, 1.165) is 16.2 Å². The minimum absolute atomic E-state index is 0.0154. The number of fused-ring (bicyclic) bond motifs is 1. The zero-order valence-corrected chi connectivity index (χ0v) is 15.1. The monoisotopic (exact) mass is 349 g/mol. The highest BCUT2D eigenvalue weighted by molar-refractivity contribution is 7.98. The Balaban J connectivity index is 1.95. The van der Waals surface area contributed by atoms with Crippen LogP contribution in [0.3, 0.4) is 0 Å². The largest absolute Gasteiger partial charge is 0.287 e. The lowest BCUT2D eigenvalue weighted by Gasteiger charge is -2.15. The quantitative estimate of drug-likeness (QED) is 0.511. The first-order valence-electron chi connectivity index (χ1n) is 8.20. The molecule has 0 atom stereocenters. The second-order valence-corrected chi connectivity index (χ2v) is 7.26. The molecule has 5 heteroatoms. The van der Waals surface area contributed by atoms with Crippen LogP contribution < -0.4 is 5.56 Å². The third-order valence-corrected chi connectivity index (χ3v) is 4.87. The van der Waals surface area contributed by atoms with Gasteiger partial charge < -0.3 is 0 Å². The van der Waals surface area contributed by atoms with E-state index in [1.807, 2.05) is 48.5 Å². The minimum Gasteiger partial charge on any atom is -0.287 e. The highest BCUT2D eigenvalue weighted by atomic mass is 32.2. The summed E-state index contributed by atoms with van der Waals surface area (Å²) in [5.74, 6) is 1.06. The van der Waals surface area contributed by atoms with E-state index < -0.39 is 0 Å². The van der Waals surface area contributed by atoms with E-state index in [0.29, 0.717) is 29.2 Å². The van der Waals surface area contributed by atoms with Crippen molar-refractivity contribution in [2.24, 2.45) is 5.92 Å². The third-order valence-electron chi connectivity index (χ3n) is 3.83. The van der Waals surface area contributed by atoms with Crippen LogP contribution in [0.5, 0.6) is 0 Å². The summed E-state index contributed by atoms with van der Waals surface area (Å²) in [6.07, 6.45) is 0. The predicted molar refractivity (Wildman–Crippen MR) is 102 cm³/mol. The fourth-order valence-corrected chi connectivity index (χ4v) is 3.57. The molecule has 0 aliphatic heterocycles. The molecule has 0 amide bonds. The zero-order valence-electron chi connectivity index (χ0n) is 14.3. The lowest BCUT2D eigenvalue weighted by atomic mass is 10.2. The smallest absolute Gasteiger partial charge is 0.262 e. The number of rotatable bonds is 5. The molecule has 0 N–H and O–H groups in total. The summed E-state index contributed by atoms with van der Waals surface area (Å²) in [5.41, 5.74) is 2.49. The fourth-order valence-electron chi connectivity index (χ4n) is 2.61. The third kappa shape index (κ3) is 3.92. The Kier molecular flexibility index (Phi) is 5.20. The highest BCUT2D eigenvalue weighted by Gasteiger charge is 2.12. The maximum absolute atomic E-state index is 12.9. The fraction of sp³-hybridized carbons (Fsp3) is 0.250. The Labute approximate surface area is 151 Å². The van der Waals surface area contributed by atoms with Gasteiger partial charge in [0, 0.05) is 12.3 Å². The van der Waals surface area contributed by atoms with Crippen LogP contribution >= 0.6 is 11.8 Å². The van der Waals surface area contributed by atoms with Crippen LogP contribution in [-0.2, 0) is 12.3 Å². The Bertz CT molecular complexity index is 984. The number of para-hydroxylation sites is 1. The molecular formula is C20H19N3OS. The lowest BCUT2D eigenvalue weighted by molar-refractivity contribution is 0.475. The molecule has 3 rings (SSSR count). The first-order chi connectivity index (χ1) is 12.1. The Morgan fingerprint density at radius 1 is 1.16 bits per heavy atom. The minimum atomic E-state index is 0.0154. The number of nitriles is 1. The van der Waals surface area contributed by atoms with Crippen LogP contribution in [0.1, 0.15) is 25.0 Å². The highest BCUT2D eigenvalue weighted by Crippen LogP contribution is 2.23. The van der Waals surface area contributed by atoms with Crippen LogP contribution in [0.25, 0.3) is 10.9 Å². The maximum Gasteiger partial charge on any atom is 0.262 e. The number of thioether (sulfide) groups is 1. The molecule has 3 aromatic rings. The van der Waals surface area contributed by atoms with Gasteiger partial charge in [-0.1, -0.05) is 49.9 Å². The van der Waals surface area contributed by atoms with Gasteiger partial charge in [-0.25, -0.2) is 4.98 Å². The molecule has 4 nitrogen and oxygen atoms in total. The molecule has 25 heavy (non-hydrogen) atoms. The molecule has 0 fully saturated rings. The Morgan fingerprint density at radius 3 is 2.56 bits per heavy atom. The van der Waals surface area contributed by atoms with E-state index in [-0.39, 0.29) is 5.56 Å². The lowest BCUT2D eigenvalue weighted by Crippen LogP contribution is -2.25. The van der Waals surface area contributed by atoms with Gasteiger partial charge in [0.05, 0.1) is 22.5 Å². The van der Waals surface area contributed by atoms with Gasteiger partial charge in [-0.15, -0.1) is 0 Å². The summed E-state index contributed by atoms with van der Waals surface area (Å²) in [6, 6.07) is 17.1. The number of nitrogens with zero attached hydrogens (tertiary/aromatic N) is 3. The molecule has 0 radical (unpaired) electrons. The molecular weight excluding hydrogens is 330 g/mol. The zero-order chi connectivity index (χ0) is 17.8. The van der Waals surface area contributed by atoms with Gasteiger partial charge in [-0.2, -0.15) is 5.26 Å². The standard InChI is InChI=1S/C20H19N3OS/c1-14(2)12-23-19(24)17-5-3-4-6-18(17)22-20(23)25-13-16-9-7-15(11-21)8-10-16/h3-10,14H,12-13H2,1-2H3. The van der Waals surface area contributed by atoms with E-state index in [9.17, 15) is 4.79 Å². The molecule has 0 saturated heterocycles. The van der Waals surface area contributed by atoms with Crippen molar-refractivity contribution in [3.63, 3.8) is 0 Å². The molecule has 0 aliphatic rings. The maximum atomic E-state index is 12.9. The topological polar surface area (TPSA) is 58.7 Å². The number of hydrogen-bond donors (Lipinski definition) is 0. The average Bonchev–Trinajstić information content (AvgIpc) is 2.63. The predicted octanol–water partition coefficient (Wildman–Crippen LogP) is 4.22. The van der Waals surface area contributed by atoms with Gasteiger partial charge in [-0.3, -0.25) is 9.36 Å². The molecule has 0 saturated carbocycles. The molecule has 0 spiro atoms. The van der Waals surface area contributed by atoms with Crippen molar-refractivity contribution in [2.45, 2.75) is 31.3 Å². The first kappa shape index (κ1) is 17.2. The number of benzene rings is 2. The van der Waals surface area contributed by atoms with Crippen LogP contribution in [-0.4, -0.2) is 9.55 Å². The van der Waals surface area contributed by atoms with Crippen molar-refractivity contribution >= 4 is 22.7 Å². The van der Waals surface area contributed by atoms with Gasteiger partial charge in [0.1, 0.15) is 0 Å². The number of aromatic nitrogens is 2. The Hall–Kier alpha value is -2.58. The van der Waals surface area contributed by atoms with Crippen LogP contribution in [0.4, 0.5) is 0 Å². The van der Waals surface area contributed by atoms with E-state index in [2.05, 4.69) is 19.9 Å². The SMILES string of the molecule is CC(C)Cn1c(SCc2ccc(C#N)cc2)nc2ccccc2c1=O. The molecule has 2 aromatic carbocycles. The second kappa shape index (κ2) is 7.54. The van der Waals surface area contributed by atoms with E-state index in [1.165, 1.54) is 0 Å². The summed E-state index contributed by atoms with van der Waals surface area (Å²) in [7, 11) is 0. The first-order valence-corrected chi connectivity index (χ1v) is 9.18. The summed E-state index contributed by atoms with van der Waals surface area (Å²) in [4.78, 5) is 17.6. The second-order valence-electron chi connectivity index (χ2n) is 6.32. The molecule has 126 valence electrons. The van der Waals surface area contributed by atoms with E-state index >= 15 is 0 Å². The molecule has 1 heterocycles. The van der Waals surface area contributed by atoms with Gasteiger partial charge in [0.15, 0.2) is 5.16 Å². The molecule has 1 aromatic heterocycles. The number of hydrogen-bond acceptors (Lipinski definition) is 4. The van der Waals surface area contributed by atoms with Crippen molar-refractivity contribution in [2.75, 3.05) is 0 Å². The van der Waals surface area contributed by atoms with Gasteiger partial charge in [0.25, 0.3) is 5.56 Å². The van der Waals surface area contributed by atoms with Crippen molar-refractivity contribution in [3.05, 3.63) is 70.0 Å². The molecule has 0 bridgehead atoms. The summed E-state index contributed by atoms with van der Waals surface area (Å²) >= 11 is 1.55. The average molecular weight is 349 g/mol. The van der Waals surface area contributed by atoms with Gasteiger partial charge >= 0.3 is 0 Å². The van der Waals surface area contributed by atoms with E-state index in [1.54, 1.807) is 16.3 Å². The van der Waals surface area contributed by atoms with Gasteiger partial charge in [0.2, 0.25) is 0 Å². The Morgan fingerprint density at radius 2 is 1.88 bits per heavy atom. The summed E-state index contributed by atoms with van der Waals surface area (Å²) in [5, 5.41) is 10.3. The van der Waals surface area contributed by atoms with Crippen LogP contribution in [0, 0.1) is 17.2 Å². The van der Waals surface area contributed by atoms with Crippen LogP contribution in [0.15, 0.2) is 58.5 Å².